The van der Waals surface area contributed by atoms with Gasteiger partial charge in [0.05, 0.1) is 17.9 Å². The fourth-order valence-electron chi connectivity index (χ4n) is 2.04. The molecule has 2 heterocycles. The first-order valence-corrected chi connectivity index (χ1v) is 5.85. The van der Waals surface area contributed by atoms with Crippen LogP contribution in [0.25, 0.3) is 0 Å². The Bertz CT molecular complexity index is 488. The summed E-state index contributed by atoms with van der Waals surface area (Å²) in [6.45, 7) is 5.51. The minimum Gasteiger partial charge on any atom is -0.330 e. The largest absolute Gasteiger partial charge is 0.330 e. The number of aromatic nitrogens is 3. The van der Waals surface area contributed by atoms with E-state index in [4.69, 9.17) is 5.73 Å². The summed E-state index contributed by atoms with van der Waals surface area (Å²) >= 11 is 0. The molecule has 0 radical (unpaired) electrons. The minimum atomic E-state index is 0.664. The van der Waals surface area contributed by atoms with Gasteiger partial charge >= 0.3 is 0 Å². The Balaban J connectivity index is 2.25. The third kappa shape index (κ3) is 2.53. The first-order chi connectivity index (χ1) is 8.22. The number of hydrogen-bond acceptors (Lipinski definition) is 3. The van der Waals surface area contributed by atoms with E-state index in [1.54, 1.807) is 0 Å². The number of nitrogens with two attached hydrogens (primary N) is 1. The average molecular weight is 230 g/mol. The standard InChI is InChI=1S/C13H18N4/c1-10-13(6-7-14)11(2)17(16-10)9-12-5-3-4-8-15-12/h3-5,8H,6-7,9,14H2,1-2H3. The van der Waals surface area contributed by atoms with Crippen LogP contribution in [-0.2, 0) is 13.0 Å². The molecule has 0 unspecified atom stereocenters. The molecule has 0 atom stereocenters. The Kier molecular flexibility index (Phi) is 3.54. The van der Waals surface area contributed by atoms with Gasteiger partial charge in [0.25, 0.3) is 0 Å². The molecule has 17 heavy (non-hydrogen) atoms. The summed E-state index contributed by atoms with van der Waals surface area (Å²) < 4.78 is 2.00. The zero-order valence-corrected chi connectivity index (χ0v) is 10.3. The van der Waals surface area contributed by atoms with E-state index < -0.39 is 0 Å². The van der Waals surface area contributed by atoms with Crippen LogP contribution in [0.2, 0.25) is 0 Å². The smallest absolute Gasteiger partial charge is 0.0834 e. The second-order valence-corrected chi connectivity index (χ2v) is 4.17. The fourth-order valence-corrected chi connectivity index (χ4v) is 2.04. The summed E-state index contributed by atoms with van der Waals surface area (Å²) in [5.41, 5.74) is 10.2. The minimum absolute atomic E-state index is 0.664. The van der Waals surface area contributed by atoms with Crippen LogP contribution < -0.4 is 5.73 Å². The van der Waals surface area contributed by atoms with E-state index in [2.05, 4.69) is 17.0 Å². The van der Waals surface area contributed by atoms with Crippen molar-refractivity contribution in [3.05, 3.63) is 47.0 Å². The van der Waals surface area contributed by atoms with Crippen molar-refractivity contribution in [3.63, 3.8) is 0 Å². The fraction of sp³-hybridized carbons (Fsp3) is 0.385. The predicted molar refractivity (Wildman–Crippen MR) is 67.8 cm³/mol. The highest BCUT2D eigenvalue weighted by Crippen LogP contribution is 2.14. The van der Waals surface area contributed by atoms with Gasteiger partial charge in [-0.1, -0.05) is 6.07 Å². The van der Waals surface area contributed by atoms with E-state index in [9.17, 15) is 0 Å². The molecule has 4 nitrogen and oxygen atoms in total. The molecule has 0 bridgehead atoms. The van der Waals surface area contributed by atoms with Crippen molar-refractivity contribution in [1.82, 2.24) is 14.8 Å². The normalized spacial score (nSPS) is 10.8. The van der Waals surface area contributed by atoms with Crippen molar-refractivity contribution in [2.45, 2.75) is 26.8 Å². The van der Waals surface area contributed by atoms with Crippen LogP contribution in [0.1, 0.15) is 22.6 Å². The molecule has 0 aromatic carbocycles. The zero-order chi connectivity index (χ0) is 12.3. The highest BCUT2D eigenvalue weighted by atomic mass is 15.3. The molecule has 0 aliphatic carbocycles. The van der Waals surface area contributed by atoms with Gasteiger partial charge in [0.2, 0.25) is 0 Å². The molecule has 0 fully saturated rings. The van der Waals surface area contributed by atoms with Gasteiger partial charge in [-0.05, 0) is 44.5 Å². The van der Waals surface area contributed by atoms with E-state index >= 15 is 0 Å². The molecule has 0 saturated carbocycles. The van der Waals surface area contributed by atoms with Crippen LogP contribution in [0.4, 0.5) is 0 Å². The molecule has 0 spiro atoms. The van der Waals surface area contributed by atoms with Crippen molar-refractivity contribution in [2.75, 3.05) is 6.54 Å². The predicted octanol–water partition coefficient (Wildman–Crippen LogP) is 1.44. The molecule has 2 N–H and O–H groups in total. The molecule has 2 aromatic rings. The molecule has 0 saturated heterocycles. The quantitative estimate of drug-likeness (QED) is 0.864. The monoisotopic (exact) mass is 230 g/mol. The second-order valence-electron chi connectivity index (χ2n) is 4.17. The van der Waals surface area contributed by atoms with Gasteiger partial charge in [-0.3, -0.25) is 9.67 Å². The van der Waals surface area contributed by atoms with Gasteiger partial charge in [0.15, 0.2) is 0 Å². The molecule has 4 heteroatoms. The maximum Gasteiger partial charge on any atom is 0.0834 e. The summed E-state index contributed by atoms with van der Waals surface area (Å²) in [6, 6.07) is 5.93. The Morgan fingerprint density at radius 2 is 2.12 bits per heavy atom. The molecule has 2 rings (SSSR count). The molecule has 90 valence electrons. The van der Waals surface area contributed by atoms with Gasteiger partial charge in [0, 0.05) is 11.9 Å². The topological polar surface area (TPSA) is 56.7 Å². The highest BCUT2D eigenvalue weighted by molar-refractivity contribution is 5.25. The van der Waals surface area contributed by atoms with E-state index in [0.717, 1.165) is 24.4 Å². The number of nitrogens with zero attached hydrogens (tertiary/aromatic N) is 3. The summed E-state index contributed by atoms with van der Waals surface area (Å²) in [6.07, 6.45) is 2.70. The van der Waals surface area contributed by atoms with Gasteiger partial charge in [0.1, 0.15) is 0 Å². The number of pyridine rings is 1. The van der Waals surface area contributed by atoms with Crippen molar-refractivity contribution >= 4 is 0 Å². The van der Waals surface area contributed by atoms with E-state index in [1.165, 1.54) is 11.3 Å². The van der Waals surface area contributed by atoms with Crippen molar-refractivity contribution < 1.29 is 0 Å². The van der Waals surface area contributed by atoms with Gasteiger partial charge in [-0.25, -0.2) is 0 Å². The zero-order valence-electron chi connectivity index (χ0n) is 10.3. The summed E-state index contributed by atoms with van der Waals surface area (Å²) in [5, 5.41) is 4.55. The Morgan fingerprint density at radius 1 is 1.29 bits per heavy atom. The van der Waals surface area contributed by atoms with Crippen LogP contribution in [0, 0.1) is 13.8 Å². The first-order valence-electron chi connectivity index (χ1n) is 5.85. The van der Waals surface area contributed by atoms with E-state index in [1.807, 2.05) is 36.0 Å². The average Bonchev–Trinajstić information content (AvgIpc) is 2.59. The SMILES string of the molecule is Cc1nn(Cc2ccccn2)c(C)c1CCN. The third-order valence-corrected chi connectivity index (χ3v) is 2.96. The molecular formula is C13H18N4. The maximum absolute atomic E-state index is 5.61. The Morgan fingerprint density at radius 3 is 2.76 bits per heavy atom. The lowest BCUT2D eigenvalue weighted by Crippen LogP contribution is -2.07. The lowest BCUT2D eigenvalue weighted by atomic mass is 10.1. The Hall–Kier alpha value is -1.68. The molecule has 0 aliphatic heterocycles. The lowest BCUT2D eigenvalue weighted by Gasteiger charge is -2.04. The first kappa shape index (κ1) is 11.8. The van der Waals surface area contributed by atoms with E-state index in [-0.39, 0.29) is 0 Å². The van der Waals surface area contributed by atoms with Crippen molar-refractivity contribution in [2.24, 2.45) is 5.73 Å². The molecule has 0 amide bonds. The van der Waals surface area contributed by atoms with Crippen LogP contribution in [0.3, 0.4) is 0 Å². The van der Waals surface area contributed by atoms with Crippen LogP contribution in [0.15, 0.2) is 24.4 Å². The van der Waals surface area contributed by atoms with E-state index in [0.29, 0.717) is 6.54 Å². The van der Waals surface area contributed by atoms with Gasteiger partial charge < -0.3 is 5.73 Å². The summed E-state index contributed by atoms with van der Waals surface area (Å²) in [7, 11) is 0. The Labute approximate surface area is 101 Å². The maximum atomic E-state index is 5.61. The van der Waals surface area contributed by atoms with Gasteiger partial charge in [-0.15, -0.1) is 0 Å². The van der Waals surface area contributed by atoms with Crippen LogP contribution >= 0.6 is 0 Å². The number of hydrogen-bond donors (Lipinski definition) is 1. The van der Waals surface area contributed by atoms with Crippen molar-refractivity contribution in [1.29, 1.82) is 0 Å². The molecule has 2 aromatic heterocycles. The lowest BCUT2D eigenvalue weighted by molar-refractivity contribution is 0.646. The van der Waals surface area contributed by atoms with Crippen LogP contribution in [0.5, 0.6) is 0 Å². The number of rotatable bonds is 4. The molecule has 0 aliphatic rings. The summed E-state index contributed by atoms with van der Waals surface area (Å²) in [4.78, 5) is 4.31. The third-order valence-electron chi connectivity index (χ3n) is 2.96. The molecular weight excluding hydrogens is 212 g/mol. The van der Waals surface area contributed by atoms with Gasteiger partial charge in [-0.2, -0.15) is 5.10 Å². The van der Waals surface area contributed by atoms with Crippen LogP contribution in [-0.4, -0.2) is 21.3 Å². The number of aryl methyl sites for hydroxylation is 1. The highest BCUT2D eigenvalue weighted by Gasteiger charge is 2.10. The summed E-state index contributed by atoms with van der Waals surface area (Å²) in [5.74, 6) is 0. The second kappa shape index (κ2) is 5.10. The van der Waals surface area contributed by atoms with Crippen molar-refractivity contribution in [3.8, 4) is 0 Å².